The molecule has 0 aliphatic rings. The second kappa shape index (κ2) is 10.8. The van der Waals surface area contributed by atoms with Gasteiger partial charge in [-0.2, -0.15) is 0 Å². The van der Waals surface area contributed by atoms with Crippen molar-refractivity contribution in [2.24, 2.45) is 0 Å². The minimum absolute atomic E-state index is 0.321. The van der Waals surface area contributed by atoms with Crippen molar-refractivity contribution in [3.8, 4) is 5.75 Å². The van der Waals surface area contributed by atoms with E-state index in [1.807, 2.05) is 24.4 Å². The van der Waals surface area contributed by atoms with Gasteiger partial charge >= 0.3 is 12.0 Å². The molecule has 1 aromatic carbocycles. The monoisotopic (exact) mass is 388 g/mol. The number of esters is 1. The van der Waals surface area contributed by atoms with Gasteiger partial charge in [0.1, 0.15) is 5.75 Å². The minimum Gasteiger partial charge on any atom is -0.494 e. The highest BCUT2D eigenvalue weighted by molar-refractivity contribution is 7.09. The average molecular weight is 388 g/mol. The summed E-state index contributed by atoms with van der Waals surface area (Å²) in [6.45, 7) is 2.25. The average Bonchev–Trinajstić information content (AvgIpc) is 3.18. The van der Waals surface area contributed by atoms with E-state index in [1.165, 1.54) is 17.4 Å². The summed E-state index contributed by atoms with van der Waals surface area (Å²) in [5, 5.41) is 6.52. The Hall–Kier alpha value is -3.13. The van der Waals surface area contributed by atoms with Crippen molar-refractivity contribution in [3.05, 3.63) is 58.3 Å². The first-order chi connectivity index (χ1) is 13.1. The van der Waals surface area contributed by atoms with Gasteiger partial charge in [0.25, 0.3) is 5.91 Å². The third-order valence-electron chi connectivity index (χ3n) is 3.20. The summed E-state index contributed by atoms with van der Waals surface area (Å²) in [5.41, 5.74) is 0.785. The fourth-order valence-electron chi connectivity index (χ4n) is 1.98. The number of hydrogen-bond donors (Lipinski definition) is 2. The zero-order chi connectivity index (χ0) is 19.5. The molecule has 0 bridgehead atoms. The van der Waals surface area contributed by atoms with E-state index in [-0.39, 0.29) is 0 Å². The molecule has 0 radical (unpaired) electrons. The van der Waals surface area contributed by atoms with Crippen molar-refractivity contribution in [3.63, 3.8) is 0 Å². The fourth-order valence-corrected chi connectivity index (χ4v) is 2.62. The largest absolute Gasteiger partial charge is 0.494 e. The lowest BCUT2D eigenvalue weighted by molar-refractivity contribution is -0.143. The number of thiophene rings is 1. The summed E-state index contributed by atoms with van der Waals surface area (Å²) in [4.78, 5) is 35.8. The summed E-state index contributed by atoms with van der Waals surface area (Å²) >= 11 is 1.49. The highest BCUT2D eigenvalue weighted by atomic mass is 32.1. The molecule has 7 nitrogen and oxygen atoms in total. The fraction of sp³-hybridized carbons (Fsp3) is 0.211. The molecule has 0 spiro atoms. The van der Waals surface area contributed by atoms with Crippen LogP contribution in [0.25, 0.3) is 6.08 Å². The van der Waals surface area contributed by atoms with Crippen molar-refractivity contribution in [2.45, 2.75) is 13.5 Å². The lowest BCUT2D eigenvalue weighted by Crippen LogP contribution is -2.40. The molecule has 0 saturated heterocycles. The summed E-state index contributed by atoms with van der Waals surface area (Å²) in [6, 6.07) is 10.2. The van der Waals surface area contributed by atoms with Crippen LogP contribution >= 0.6 is 11.3 Å². The number of urea groups is 1. The van der Waals surface area contributed by atoms with Crippen molar-refractivity contribution < 1.29 is 23.9 Å². The van der Waals surface area contributed by atoms with Crippen molar-refractivity contribution in [2.75, 3.05) is 13.2 Å². The van der Waals surface area contributed by atoms with E-state index < -0.39 is 24.5 Å². The maximum Gasteiger partial charge on any atom is 0.331 e. The van der Waals surface area contributed by atoms with Gasteiger partial charge in [0.15, 0.2) is 6.61 Å². The first kappa shape index (κ1) is 20.2. The molecule has 8 heteroatoms. The Labute approximate surface area is 161 Å². The Bertz CT molecular complexity index is 785. The molecule has 1 aromatic heterocycles. The minimum atomic E-state index is -0.707. The Morgan fingerprint density at radius 2 is 1.93 bits per heavy atom. The van der Waals surface area contributed by atoms with Gasteiger partial charge in [-0.25, -0.2) is 9.59 Å². The number of carbonyl (C=O) groups is 3. The van der Waals surface area contributed by atoms with Crippen LogP contribution in [0.5, 0.6) is 5.75 Å². The summed E-state index contributed by atoms with van der Waals surface area (Å²) < 4.78 is 10.1. The molecular formula is C19H20N2O5S. The van der Waals surface area contributed by atoms with Crippen LogP contribution in [-0.4, -0.2) is 31.1 Å². The van der Waals surface area contributed by atoms with Gasteiger partial charge in [0.05, 0.1) is 13.2 Å². The van der Waals surface area contributed by atoms with Crippen LogP contribution in [0.2, 0.25) is 0 Å². The quantitative estimate of drug-likeness (QED) is 0.536. The number of nitrogens with one attached hydrogen (secondary N) is 2. The Balaban J connectivity index is 1.67. The molecule has 27 heavy (non-hydrogen) atoms. The van der Waals surface area contributed by atoms with Gasteiger partial charge in [-0.15, -0.1) is 11.3 Å². The Kier molecular flexibility index (Phi) is 8.05. The predicted molar refractivity (Wildman–Crippen MR) is 102 cm³/mol. The van der Waals surface area contributed by atoms with Gasteiger partial charge in [0, 0.05) is 11.0 Å². The van der Waals surface area contributed by atoms with Crippen molar-refractivity contribution in [1.29, 1.82) is 0 Å². The van der Waals surface area contributed by atoms with Gasteiger partial charge in [0.2, 0.25) is 0 Å². The second-order valence-electron chi connectivity index (χ2n) is 5.25. The van der Waals surface area contributed by atoms with Crippen molar-refractivity contribution in [1.82, 2.24) is 10.6 Å². The van der Waals surface area contributed by atoms with E-state index in [1.54, 1.807) is 30.3 Å². The zero-order valence-electron chi connectivity index (χ0n) is 14.8. The molecule has 142 valence electrons. The molecule has 3 amide bonds. The molecule has 1 heterocycles. The van der Waals surface area contributed by atoms with Crippen LogP contribution in [0.4, 0.5) is 4.79 Å². The second-order valence-corrected chi connectivity index (χ2v) is 6.29. The maximum absolute atomic E-state index is 11.6. The van der Waals surface area contributed by atoms with Crippen LogP contribution in [0.15, 0.2) is 47.9 Å². The van der Waals surface area contributed by atoms with Gasteiger partial charge in [-0.05, 0) is 42.1 Å². The van der Waals surface area contributed by atoms with E-state index in [2.05, 4.69) is 10.6 Å². The van der Waals surface area contributed by atoms with E-state index in [4.69, 9.17) is 9.47 Å². The number of carbonyl (C=O) groups excluding carboxylic acids is 3. The topological polar surface area (TPSA) is 93.7 Å². The summed E-state index contributed by atoms with van der Waals surface area (Å²) in [5.74, 6) is -0.647. The van der Waals surface area contributed by atoms with E-state index in [0.717, 1.165) is 16.2 Å². The van der Waals surface area contributed by atoms with Crippen LogP contribution < -0.4 is 15.4 Å². The van der Waals surface area contributed by atoms with Crippen LogP contribution in [0.3, 0.4) is 0 Å². The maximum atomic E-state index is 11.6. The van der Waals surface area contributed by atoms with Gasteiger partial charge < -0.3 is 14.8 Å². The van der Waals surface area contributed by atoms with Gasteiger partial charge in [-0.3, -0.25) is 10.1 Å². The van der Waals surface area contributed by atoms with E-state index in [0.29, 0.717) is 13.2 Å². The number of ether oxygens (including phenoxy) is 2. The van der Waals surface area contributed by atoms with Gasteiger partial charge in [-0.1, -0.05) is 18.2 Å². The van der Waals surface area contributed by atoms with Crippen LogP contribution in [0, 0.1) is 0 Å². The molecular weight excluding hydrogens is 368 g/mol. The Morgan fingerprint density at radius 1 is 1.15 bits per heavy atom. The van der Waals surface area contributed by atoms with E-state index >= 15 is 0 Å². The highest BCUT2D eigenvalue weighted by Crippen LogP contribution is 2.13. The van der Waals surface area contributed by atoms with Crippen LogP contribution in [0.1, 0.15) is 17.4 Å². The molecule has 0 unspecified atom stereocenters. The standard InChI is InChI=1S/C19H20N2O5S/c1-2-25-15-8-5-14(6-9-15)7-10-18(23)26-13-17(22)21-19(24)20-12-16-4-3-11-27-16/h3-11H,2,12-13H2,1H3,(H2,20,21,22,24)/b10-7+. The zero-order valence-corrected chi connectivity index (χ0v) is 15.6. The number of amides is 3. The smallest absolute Gasteiger partial charge is 0.331 e. The normalized spacial score (nSPS) is 10.4. The summed E-state index contributed by atoms with van der Waals surface area (Å²) in [6.07, 6.45) is 2.77. The predicted octanol–water partition coefficient (Wildman–Crippen LogP) is 2.73. The molecule has 2 rings (SSSR count). The number of rotatable bonds is 8. The third kappa shape index (κ3) is 7.74. The molecule has 0 aliphatic carbocycles. The molecule has 0 atom stereocenters. The summed E-state index contributed by atoms with van der Waals surface area (Å²) in [7, 11) is 0. The van der Waals surface area contributed by atoms with Crippen LogP contribution in [-0.2, 0) is 20.9 Å². The first-order valence-corrected chi connectivity index (χ1v) is 9.12. The number of hydrogen-bond acceptors (Lipinski definition) is 6. The first-order valence-electron chi connectivity index (χ1n) is 8.24. The molecule has 2 N–H and O–H groups in total. The lowest BCUT2D eigenvalue weighted by Gasteiger charge is -2.06. The number of imide groups is 1. The third-order valence-corrected chi connectivity index (χ3v) is 4.08. The highest BCUT2D eigenvalue weighted by Gasteiger charge is 2.09. The molecule has 2 aromatic rings. The Morgan fingerprint density at radius 3 is 2.59 bits per heavy atom. The molecule has 0 aliphatic heterocycles. The molecule has 0 fully saturated rings. The lowest BCUT2D eigenvalue weighted by atomic mass is 10.2. The SMILES string of the molecule is CCOc1ccc(/C=C/C(=O)OCC(=O)NC(=O)NCc2cccs2)cc1. The van der Waals surface area contributed by atoms with Crippen molar-refractivity contribution >= 4 is 35.3 Å². The van der Waals surface area contributed by atoms with E-state index in [9.17, 15) is 14.4 Å². The molecule has 0 saturated carbocycles. The number of benzene rings is 1.